The molecule has 2 N–H and O–H groups in total. The van der Waals surface area contributed by atoms with Gasteiger partial charge in [0.2, 0.25) is 5.91 Å². The number of rotatable bonds is 5. The maximum Gasteiger partial charge on any atom is 0.416 e. The molecule has 2 rings (SSSR count). The zero-order valence-electron chi connectivity index (χ0n) is 14.5. The van der Waals surface area contributed by atoms with Crippen molar-refractivity contribution in [3.05, 3.63) is 35.4 Å². The van der Waals surface area contributed by atoms with E-state index in [-0.39, 0.29) is 36.4 Å². The van der Waals surface area contributed by atoms with Crippen LogP contribution in [0.1, 0.15) is 22.3 Å². The van der Waals surface area contributed by atoms with E-state index in [4.69, 9.17) is 10.5 Å². The fraction of sp³-hybridized carbons (Fsp3) is 0.529. The van der Waals surface area contributed by atoms with Crippen LogP contribution in [0.4, 0.5) is 13.2 Å². The monoisotopic (exact) mass is 373 g/mol. The third kappa shape index (κ3) is 4.95. The van der Waals surface area contributed by atoms with Crippen molar-refractivity contribution < 1.29 is 27.5 Å². The van der Waals surface area contributed by atoms with Crippen molar-refractivity contribution >= 4 is 11.8 Å². The van der Waals surface area contributed by atoms with E-state index in [1.165, 1.54) is 24.1 Å². The summed E-state index contributed by atoms with van der Waals surface area (Å²) in [6.45, 7) is 1.63. The molecular weight excluding hydrogens is 351 g/mol. The van der Waals surface area contributed by atoms with Gasteiger partial charge in [-0.15, -0.1) is 0 Å². The van der Waals surface area contributed by atoms with Crippen molar-refractivity contribution in [2.75, 3.05) is 39.8 Å². The second-order valence-corrected chi connectivity index (χ2v) is 6.05. The highest BCUT2D eigenvalue weighted by molar-refractivity contribution is 5.94. The van der Waals surface area contributed by atoms with Gasteiger partial charge in [0.15, 0.2) is 0 Å². The van der Waals surface area contributed by atoms with Crippen LogP contribution in [0.25, 0.3) is 0 Å². The number of piperazine rings is 1. The largest absolute Gasteiger partial charge is 0.416 e. The van der Waals surface area contributed by atoms with Gasteiger partial charge in [0.25, 0.3) is 5.91 Å². The fourth-order valence-electron chi connectivity index (χ4n) is 2.73. The minimum absolute atomic E-state index is 0.0936. The number of ether oxygens (including phenoxy) is 1. The molecule has 1 aromatic carbocycles. The van der Waals surface area contributed by atoms with Crippen molar-refractivity contribution in [2.45, 2.75) is 18.7 Å². The zero-order chi connectivity index (χ0) is 19.3. The first-order valence-corrected chi connectivity index (χ1v) is 8.23. The second kappa shape index (κ2) is 8.50. The van der Waals surface area contributed by atoms with E-state index < -0.39 is 11.7 Å². The molecule has 1 fully saturated rings. The summed E-state index contributed by atoms with van der Waals surface area (Å²) >= 11 is 0. The normalized spacial score (nSPS) is 16.5. The van der Waals surface area contributed by atoms with Gasteiger partial charge in [-0.3, -0.25) is 9.59 Å². The first-order chi connectivity index (χ1) is 12.3. The molecule has 0 aromatic heterocycles. The number of carbonyl (C=O) groups is 2. The van der Waals surface area contributed by atoms with Crippen LogP contribution in [-0.4, -0.2) is 67.6 Å². The molecular formula is C17H22F3N3O3. The summed E-state index contributed by atoms with van der Waals surface area (Å²) in [6.07, 6.45) is -4.59. The van der Waals surface area contributed by atoms with E-state index in [9.17, 15) is 22.8 Å². The zero-order valence-corrected chi connectivity index (χ0v) is 14.5. The summed E-state index contributed by atoms with van der Waals surface area (Å²) in [6, 6.07) is 4.13. The Bertz CT molecular complexity index is 622. The van der Waals surface area contributed by atoms with Gasteiger partial charge in [0, 0.05) is 45.4 Å². The number of methoxy groups -OCH3 is 1. The maximum absolute atomic E-state index is 12.6. The van der Waals surface area contributed by atoms with Crippen molar-refractivity contribution in [3.8, 4) is 0 Å². The van der Waals surface area contributed by atoms with E-state index >= 15 is 0 Å². The van der Waals surface area contributed by atoms with E-state index in [0.29, 0.717) is 26.2 Å². The van der Waals surface area contributed by atoms with Crippen LogP contribution in [-0.2, 0) is 15.7 Å². The number of halogens is 3. The van der Waals surface area contributed by atoms with Crippen LogP contribution in [0.2, 0.25) is 0 Å². The fourth-order valence-corrected chi connectivity index (χ4v) is 2.73. The Hall–Kier alpha value is -2.13. The quantitative estimate of drug-likeness (QED) is 0.846. The van der Waals surface area contributed by atoms with E-state index in [2.05, 4.69) is 0 Å². The molecule has 1 aliphatic rings. The van der Waals surface area contributed by atoms with Crippen LogP contribution in [0, 0.1) is 0 Å². The van der Waals surface area contributed by atoms with Gasteiger partial charge >= 0.3 is 6.18 Å². The van der Waals surface area contributed by atoms with Crippen molar-refractivity contribution in [2.24, 2.45) is 5.73 Å². The molecule has 0 saturated carbocycles. The molecule has 1 heterocycles. The summed E-state index contributed by atoms with van der Waals surface area (Å²) in [4.78, 5) is 27.8. The predicted octanol–water partition coefficient (Wildman–Crippen LogP) is 1.35. The molecule has 1 aromatic rings. The number of hydrogen-bond donors (Lipinski definition) is 1. The number of nitrogens with two attached hydrogens (primary N) is 1. The first kappa shape index (κ1) is 20.2. The van der Waals surface area contributed by atoms with Crippen LogP contribution >= 0.6 is 0 Å². The summed E-state index contributed by atoms with van der Waals surface area (Å²) in [5.41, 5.74) is 4.91. The molecule has 144 valence electrons. The average molecular weight is 373 g/mol. The number of amides is 2. The van der Waals surface area contributed by atoms with Gasteiger partial charge in [-0.2, -0.15) is 13.2 Å². The van der Waals surface area contributed by atoms with Gasteiger partial charge in [-0.25, -0.2) is 0 Å². The Morgan fingerprint density at radius 2 is 1.65 bits per heavy atom. The average Bonchev–Trinajstić information content (AvgIpc) is 2.64. The van der Waals surface area contributed by atoms with Gasteiger partial charge in [0.1, 0.15) is 0 Å². The molecule has 0 bridgehead atoms. The minimum Gasteiger partial charge on any atom is -0.380 e. The SMILES string of the molecule is COC(CN)CC(=O)N1CCN(C(=O)c2ccc(C(F)(F)F)cc2)CC1. The summed E-state index contributed by atoms with van der Waals surface area (Å²) < 4.78 is 42.9. The second-order valence-electron chi connectivity index (χ2n) is 6.05. The summed E-state index contributed by atoms with van der Waals surface area (Å²) in [7, 11) is 1.49. The Labute approximate surface area is 149 Å². The molecule has 0 spiro atoms. The Morgan fingerprint density at radius 3 is 2.12 bits per heavy atom. The first-order valence-electron chi connectivity index (χ1n) is 8.23. The molecule has 26 heavy (non-hydrogen) atoms. The number of alkyl halides is 3. The van der Waals surface area contributed by atoms with Gasteiger partial charge in [-0.05, 0) is 24.3 Å². The topological polar surface area (TPSA) is 75.9 Å². The highest BCUT2D eigenvalue weighted by Gasteiger charge is 2.31. The lowest BCUT2D eigenvalue weighted by Crippen LogP contribution is -2.51. The van der Waals surface area contributed by atoms with Crippen LogP contribution in [0.15, 0.2) is 24.3 Å². The Kier molecular flexibility index (Phi) is 6.60. The van der Waals surface area contributed by atoms with Crippen LogP contribution < -0.4 is 5.73 Å². The van der Waals surface area contributed by atoms with Crippen molar-refractivity contribution in [3.63, 3.8) is 0 Å². The molecule has 0 radical (unpaired) electrons. The van der Waals surface area contributed by atoms with Crippen LogP contribution in [0.3, 0.4) is 0 Å². The van der Waals surface area contributed by atoms with Gasteiger partial charge in [0.05, 0.1) is 18.1 Å². The van der Waals surface area contributed by atoms with E-state index in [1.807, 2.05) is 0 Å². The van der Waals surface area contributed by atoms with Crippen LogP contribution in [0.5, 0.6) is 0 Å². The van der Waals surface area contributed by atoms with Gasteiger partial charge in [-0.1, -0.05) is 0 Å². The highest BCUT2D eigenvalue weighted by Crippen LogP contribution is 2.29. The third-order valence-corrected chi connectivity index (χ3v) is 4.38. The minimum atomic E-state index is -4.43. The molecule has 9 heteroatoms. The predicted molar refractivity (Wildman–Crippen MR) is 88.4 cm³/mol. The summed E-state index contributed by atoms with van der Waals surface area (Å²) in [5.74, 6) is -0.438. The molecule has 1 saturated heterocycles. The molecule has 6 nitrogen and oxygen atoms in total. The number of hydrogen-bond acceptors (Lipinski definition) is 4. The van der Waals surface area contributed by atoms with Gasteiger partial charge < -0.3 is 20.3 Å². The van der Waals surface area contributed by atoms with E-state index in [0.717, 1.165) is 12.1 Å². The Balaban J connectivity index is 1.91. The molecule has 1 unspecified atom stereocenters. The smallest absolute Gasteiger partial charge is 0.380 e. The molecule has 2 amide bonds. The summed E-state index contributed by atoms with van der Waals surface area (Å²) in [5, 5.41) is 0. The van der Waals surface area contributed by atoms with Crippen molar-refractivity contribution in [1.82, 2.24) is 9.80 Å². The molecule has 1 atom stereocenters. The maximum atomic E-state index is 12.6. The third-order valence-electron chi connectivity index (χ3n) is 4.38. The highest BCUT2D eigenvalue weighted by atomic mass is 19.4. The lowest BCUT2D eigenvalue weighted by molar-refractivity contribution is -0.137. The van der Waals surface area contributed by atoms with Crippen molar-refractivity contribution in [1.29, 1.82) is 0 Å². The standard InChI is InChI=1S/C17H22F3N3O3/c1-26-14(11-21)10-15(24)22-6-8-23(9-7-22)16(25)12-2-4-13(5-3-12)17(18,19)20/h2-5,14H,6-11,21H2,1H3. The number of benzene rings is 1. The lowest BCUT2D eigenvalue weighted by Gasteiger charge is -2.35. The Morgan fingerprint density at radius 1 is 1.12 bits per heavy atom. The molecule has 0 aliphatic carbocycles. The number of nitrogens with zero attached hydrogens (tertiary/aromatic N) is 2. The number of carbonyl (C=O) groups excluding carboxylic acids is 2. The molecule has 1 aliphatic heterocycles. The van der Waals surface area contributed by atoms with E-state index in [1.54, 1.807) is 4.90 Å². The lowest BCUT2D eigenvalue weighted by atomic mass is 10.1.